The number of carbonyl (C=O) groups excluding carboxylic acids is 1. The molecule has 3 heterocycles. The lowest BCUT2D eigenvalue weighted by Crippen LogP contribution is -2.42. The van der Waals surface area contributed by atoms with Crippen LogP contribution in [0.3, 0.4) is 0 Å². The molecule has 2 aliphatic rings. The Balaban J connectivity index is 0.000000630. The fourth-order valence-corrected chi connectivity index (χ4v) is 6.12. The van der Waals surface area contributed by atoms with Crippen LogP contribution in [0.25, 0.3) is 11.2 Å². The van der Waals surface area contributed by atoms with Crippen molar-refractivity contribution in [1.29, 1.82) is 0 Å². The molecular weight excluding hydrogens is 664 g/mol. The predicted molar refractivity (Wildman–Crippen MR) is 175 cm³/mol. The molecule has 1 unspecified atom stereocenters. The third-order valence-electron chi connectivity index (χ3n) is 8.78. The Morgan fingerprint density at radius 2 is 1.70 bits per heavy atom. The first-order valence-electron chi connectivity index (χ1n) is 16.0. The molecule has 50 heavy (non-hydrogen) atoms. The number of imidazole rings is 1. The van der Waals surface area contributed by atoms with Crippen molar-refractivity contribution in [3.8, 4) is 0 Å². The number of aliphatic hydroxyl groups excluding tert-OH is 2. The number of rotatable bonds is 9. The summed E-state index contributed by atoms with van der Waals surface area (Å²) in [6, 6.07) is 15.3. The SMILES string of the molecule is CCC(=O)N[C@H]1C[C@@H](n2cnc3c(NCC(c4ccccc4)c4ccc(F)cc4)nc(N4CC[C@@H](N)C4)nc32)[C@H](O)[C@@H]1O.O=C(O)C(F)(F)F. The number of carboxylic acids is 1. The molecule has 6 atom stereocenters. The maximum absolute atomic E-state index is 13.8. The van der Waals surface area contributed by atoms with Gasteiger partial charge in [0.15, 0.2) is 17.0 Å². The van der Waals surface area contributed by atoms with Crippen molar-refractivity contribution in [1.82, 2.24) is 24.8 Å². The number of halogens is 4. The Morgan fingerprint density at radius 1 is 1.04 bits per heavy atom. The van der Waals surface area contributed by atoms with Crippen LogP contribution in [0.2, 0.25) is 0 Å². The first kappa shape index (κ1) is 36.4. The predicted octanol–water partition coefficient (Wildman–Crippen LogP) is 2.94. The molecule has 1 saturated carbocycles. The molecule has 4 aromatic rings. The van der Waals surface area contributed by atoms with E-state index in [9.17, 15) is 32.6 Å². The standard InChI is InChI=1S/C31H37FN8O3.C2HF3O2/c1-2-25(41)36-23-14-24(28(43)27(23)42)40-17-35-26-29(37-31(38-30(26)40)39-13-12-21(33)16-39)34-15-22(18-6-4-3-5-7-18)19-8-10-20(32)11-9-19;3-2(4,5)1(6)7/h3-11,17,21-24,27-28,42-43H,2,12-16,33H2,1H3,(H,36,41)(H,34,37,38);(H,6,7)/t21-,22?,23+,24-,27-,28+;/m1./s1. The number of fused-ring (bicyclic) bond motifs is 1. The van der Waals surface area contributed by atoms with Gasteiger partial charge in [-0.2, -0.15) is 23.1 Å². The smallest absolute Gasteiger partial charge is 0.475 e. The van der Waals surface area contributed by atoms with E-state index in [1.54, 1.807) is 30.0 Å². The summed E-state index contributed by atoms with van der Waals surface area (Å²) in [6.07, 6.45) is -4.33. The number of carboxylic acid groups (broad SMARTS) is 1. The summed E-state index contributed by atoms with van der Waals surface area (Å²) in [6.45, 7) is 3.50. The Kier molecular flexibility index (Phi) is 11.2. The van der Waals surface area contributed by atoms with E-state index in [0.29, 0.717) is 49.0 Å². The Hall–Kier alpha value is -4.87. The normalized spacial score (nSPS) is 22.6. The van der Waals surface area contributed by atoms with Crippen molar-refractivity contribution in [3.63, 3.8) is 0 Å². The molecule has 2 fully saturated rings. The van der Waals surface area contributed by atoms with E-state index in [-0.39, 0.29) is 30.1 Å². The van der Waals surface area contributed by atoms with Gasteiger partial charge in [-0.1, -0.05) is 49.4 Å². The second-order valence-electron chi connectivity index (χ2n) is 12.2. The molecule has 0 bridgehead atoms. The molecule has 0 radical (unpaired) electrons. The Bertz CT molecular complexity index is 1780. The van der Waals surface area contributed by atoms with Gasteiger partial charge in [0.25, 0.3) is 0 Å². The molecule has 1 amide bonds. The third kappa shape index (κ3) is 8.28. The van der Waals surface area contributed by atoms with Crippen LogP contribution < -0.4 is 21.3 Å². The van der Waals surface area contributed by atoms with Crippen LogP contribution in [0.4, 0.5) is 29.3 Å². The zero-order valence-corrected chi connectivity index (χ0v) is 27.0. The summed E-state index contributed by atoms with van der Waals surface area (Å²) in [5.41, 5.74) is 9.24. The van der Waals surface area contributed by atoms with Gasteiger partial charge in [0.1, 0.15) is 18.0 Å². The largest absolute Gasteiger partial charge is 0.490 e. The minimum Gasteiger partial charge on any atom is -0.475 e. The molecule has 13 nitrogen and oxygen atoms in total. The molecule has 1 aliphatic carbocycles. The summed E-state index contributed by atoms with van der Waals surface area (Å²) in [7, 11) is 0. The summed E-state index contributed by atoms with van der Waals surface area (Å²) in [4.78, 5) is 37.4. The number of alkyl halides is 3. The maximum Gasteiger partial charge on any atom is 0.490 e. The van der Waals surface area contributed by atoms with Gasteiger partial charge < -0.3 is 41.2 Å². The lowest BCUT2D eigenvalue weighted by atomic mass is 9.91. The van der Waals surface area contributed by atoms with Crippen molar-refractivity contribution in [2.75, 3.05) is 29.9 Å². The number of nitrogens with two attached hydrogens (primary N) is 1. The number of aliphatic carboxylic acids is 1. The van der Waals surface area contributed by atoms with Crippen LogP contribution in [0, 0.1) is 5.82 Å². The average molecular weight is 703 g/mol. The number of nitrogens with zero attached hydrogens (tertiary/aromatic N) is 5. The highest BCUT2D eigenvalue weighted by atomic mass is 19.4. The van der Waals surface area contributed by atoms with Crippen LogP contribution in [0.5, 0.6) is 0 Å². The van der Waals surface area contributed by atoms with Crippen molar-refractivity contribution in [3.05, 3.63) is 77.9 Å². The third-order valence-corrected chi connectivity index (χ3v) is 8.78. The molecule has 7 N–H and O–H groups in total. The molecular formula is C33H38F4N8O5. The molecule has 2 aromatic carbocycles. The number of carbonyl (C=O) groups is 2. The number of amides is 1. The zero-order valence-electron chi connectivity index (χ0n) is 27.0. The van der Waals surface area contributed by atoms with Gasteiger partial charge in [-0.05, 0) is 36.1 Å². The number of benzene rings is 2. The highest BCUT2D eigenvalue weighted by Crippen LogP contribution is 2.35. The lowest BCUT2D eigenvalue weighted by Gasteiger charge is -2.22. The van der Waals surface area contributed by atoms with E-state index >= 15 is 0 Å². The molecule has 17 heteroatoms. The second-order valence-corrected chi connectivity index (χ2v) is 12.2. The van der Waals surface area contributed by atoms with E-state index in [2.05, 4.69) is 15.6 Å². The molecule has 1 aliphatic heterocycles. The molecule has 1 saturated heterocycles. The summed E-state index contributed by atoms with van der Waals surface area (Å²) in [5.74, 6) is -2.34. The number of aromatic nitrogens is 4. The van der Waals surface area contributed by atoms with Crippen LogP contribution in [-0.2, 0) is 9.59 Å². The Labute approximate surface area is 284 Å². The molecule has 2 aromatic heterocycles. The van der Waals surface area contributed by atoms with E-state index in [1.807, 2.05) is 35.2 Å². The van der Waals surface area contributed by atoms with Gasteiger partial charge in [-0.25, -0.2) is 14.2 Å². The van der Waals surface area contributed by atoms with Gasteiger partial charge in [-0.15, -0.1) is 0 Å². The van der Waals surface area contributed by atoms with Crippen molar-refractivity contribution in [2.24, 2.45) is 5.73 Å². The van der Waals surface area contributed by atoms with Gasteiger partial charge in [0.2, 0.25) is 11.9 Å². The number of anilines is 2. The minimum atomic E-state index is -5.08. The van der Waals surface area contributed by atoms with Crippen molar-refractivity contribution < 1.29 is 42.5 Å². The van der Waals surface area contributed by atoms with Gasteiger partial charge in [0.05, 0.1) is 18.4 Å². The first-order chi connectivity index (χ1) is 23.8. The second kappa shape index (κ2) is 15.3. The number of nitrogens with one attached hydrogen (secondary N) is 2. The van der Waals surface area contributed by atoms with Crippen LogP contribution in [0.1, 0.15) is 49.3 Å². The summed E-state index contributed by atoms with van der Waals surface area (Å²) < 4.78 is 47.3. The molecule has 268 valence electrons. The average Bonchev–Trinajstić information content (AvgIpc) is 3.79. The fraction of sp³-hybridized carbons (Fsp3) is 0.424. The minimum absolute atomic E-state index is 0.0105. The van der Waals surface area contributed by atoms with Gasteiger partial charge in [0, 0.05) is 38.0 Å². The van der Waals surface area contributed by atoms with Gasteiger partial charge in [-0.3, -0.25) is 4.79 Å². The van der Waals surface area contributed by atoms with Crippen LogP contribution in [-0.4, -0.2) is 96.8 Å². The fourth-order valence-electron chi connectivity index (χ4n) is 6.12. The number of hydrogen-bond donors (Lipinski definition) is 6. The monoisotopic (exact) mass is 702 g/mol. The zero-order chi connectivity index (χ0) is 36.2. The topological polar surface area (TPSA) is 192 Å². The lowest BCUT2D eigenvalue weighted by molar-refractivity contribution is -0.192. The van der Waals surface area contributed by atoms with E-state index < -0.39 is 36.4 Å². The van der Waals surface area contributed by atoms with Crippen LogP contribution in [0.15, 0.2) is 60.9 Å². The molecule has 6 rings (SSSR count). The first-order valence-corrected chi connectivity index (χ1v) is 16.0. The summed E-state index contributed by atoms with van der Waals surface area (Å²) >= 11 is 0. The van der Waals surface area contributed by atoms with E-state index in [0.717, 1.165) is 17.5 Å². The van der Waals surface area contributed by atoms with Gasteiger partial charge >= 0.3 is 12.1 Å². The summed E-state index contributed by atoms with van der Waals surface area (Å²) in [5, 5.41) is 35.2. The highest BCUT2D eigenvalue weighted by molar-refractivity contribution is 5.84. The van der Waals surface area contributed by atoms with Crippen LogP contribution >= 0.6 is 0 Å². The Morgan fingerprint density at radius 3 is 2.30 bits per heavy atom. The van der Waals surface area contributed by atoms with Crippen molar-refractivity contribution >= 4 is 34.8 Å². The number of aliphatic hydroxyl groups is 2. The van der Waals surface area contributed by atoms with E-state index in [1.165, 1.54) is 12.1 Å². The van der Waals surface area contributed by atoms with E-state index in [4.69, 9.17) is 25.6 Å². The maximum atomic E-state index is 13.8. The number of hydrogen-bond acceptors (Lipinski definition) is 10. The molecule has 0 spiro atoms. The van der Waals surface area contributed by atoms with Crippen molar-refractivity contribution in [2.45, 2.75) is 68.6 Å². The highest BCUT2D eigenvalue weighted by Gasteiger charge is 2.44. The quantitative estimate of drug-likeness (QED) is 0.141.